The maximum atomic E-state index is 14.8. The topological polar surface area (TPSA) is 49.6 Å². The zero-order chi connectivity index (χ0) is 24.4. The number of hydrogen-bond donors (Lipinski definition) is 1. The van der Waals surface area contributed by atoms with Crippen LogP contribution in [-0.2, 0) is 0 Å². The summed E-state index contributed by atoms with van der Waals surface area (Å²) in [5.74, 6) is 0.672. The van der Waals surface area contributed by atoms with Gasteiger partial charge in [-0.3, -0.25) is 0 Å². The van der Waals surface area contributed by atoms with Crippen molar-refractivity contribution in [2.24, 2.45) is 5.41 Å². The molecule has 0 aliphatic carbocycles. The van der Waals surface area contributed by atoms with E-state index in [4.69, 9.17) is 14.5 Å². The Kier molecular flexibility index (Phi) is 6.60. The number of ether oxygens (including phenoxy) is 2. The number of methoxy groups -OCH3 is 1. The molecule has 3 heterocycles. The summed E-state index contributed by atoms with van der Waals surface area (Å²) >= 11 is 0. The predicted molar refractivity (Wildman–Crippen MR) is 139 cm³/mol. The van der Waals surface area contributed by atoms with Crippen molar-refractivity contribution in [3.8, 4) is 22.8 Å². The van der Waals surface area contributed by atoms with E-state index in [1.165, 1.54) is 20.0 Å². The Morgan fingerprint density at radius 2 is 2.00 bits per heavy atom. The molecule has 7 heteroatoms. The number of hydrogen-bond acceptors (Lipinski definition) is 5. The SMILES string of the molecule is CNCCOc1ccc(-c2cc(N3CCC4(C=[N+](C)CCC4)C3)c3cc(F)c(OC)cc3n2)cc1. The van der Waals surface area contributed by atoms with Crippen molar-refractivity contribution in [3.63, 3.8) is 0 Å². The summed E-state index contributed by atoms with van der Waals surface area (Å²) in [5.41, 5.74) is 3.79. The van der Waals surface area contributed by atoms with Crippen molar-refractivity contribution in [2.45, 2.75) is 19.3 Å². The lowest BCUT2D eigenvalue weighted by molar-refractivity contribution is -0.502. The Morgan fingerprint density at radius 1 is 1.17 bits per heavy atom. The second-order valence-electron chi connectivity index (χ2n) is 9.75. The van der Waals surface area contributed by atoms with E-state index in [0.29, 0.717) is 6.61 Å². The molecule has 35 heavy (non-hydrogen) atoms. The zero-order valence-corrected chi connectivity index (χ0v) is 20.8. The largest absolute Gasteiger partial charge is 0.494 e. The lowest BCUT2D eigenvalue weighted by atomic mass is 9.82. The third-order valence-electron chi connectivity index (χ3n) is 7.24. The molecule has 1 fully saturated rings. The highest BCUT2D eigenvalue weighted by Crippen LogP contribution is 2.41. The summed E-state index contributed by atoms with van der Waals surface area (Å²) in [4.78, 5) is 7.32. The van der Waals surface area contributed by atoms with Crippen LogP contribution >= 0.6 is 0 Å². The van der Waals surface area contributed by atoms with E-state index in [2.05, 4.69) is 34.1 Å². The van der Waals surface area contributed by atoms with Crippen LogP contribution in [0.2, 0.25) is 0 Å². The summed E-state index contributed by atoms with van der Waals surface area (Å²) in [7, 11) is 5.56. The quantitative estimate of drug-likeness (QED) is 0.405. The van der Waals surface area contributed by atoms with E-state index >= 15 is 0 Å². The van der Waals surface area contributed by atoms with Crippen LogP contribution in [0.25, 0.3) is 22.2 Å². The van der Waals surface area contributed by atoms with Crippen LogP contribution in [0.15, 0.2) is 42.5 Å². The number of likely N-dealkylation sites (N-methyl/N-ethyl adjacent to an activating group) is 1. The van der Waals surface area contributed by atoms with Crippen molar-refractivity contribution in [1.82, 2.24) is 10.3 Å². The molecule has 1 N–H and O–H groups in total. The fourth-order valence-electron chi connectivity index (χ4n) is 5.46. The second kappa shape index (κ2) is 9.82. The highest BCUT2D eigenvalue weighted by molar-refractivity contribution is 5.95. The molecule has 0 saturated carbocycles. The van der Waals surface area contributed by atoms with Crippen molar-refractivity contribution in [2.75, 3.05) is 58.9 Å². The first-order valence-corrected chi connectivity index (χ1v) is 12.4. The van der Waals surface area contributed by atoms with Crippen LogP contribution in [0.5, 0.6) is 11.5 Å². The van der Waals surface area contributed by atoms with Gasteiger partial charge in [-0.1, -0.05) is 0 Å². The van der Waals surface area contributed by atoms with Gasteiger partial charge in [0.05, 0.1) is 23.7 Å². The van der Waals surface area contributed by atoms with Crippen molar-refractivity contribution < 1.29 is 18.4 Å². The molecule has 0 bridgehead atoms. The molecular weight excluding hydrogens is 443 g/mol. The van der Waals surface area contributed by atoms with Crippen LogP contribution < -0.4 is 19.7 Å². The molecule has 2 aromatic carbocycles. The van der Waals surface area contributed by atoms with Gasteiger partial charge in [0.25, 0.3) is 0 Å². The maximum absolute atomic E-state index is 14.8. The van der Waals surface area contributed by atoms with E-state index in [1.807, 2.05) is 31.3 Å². The molecular formula is C28H34FN4O2+. The Labute approximate surface area is 206 Å². The molecule has 5 rings (SSSR count). The van der Waals surface area contributed by atoms with Gasteiger partial charge in [-0.05, 0) is 56.3 Å². The van der Waals surface area contributed by atoms with E-state index in [-0.39, 0.29) is 17.0 Å². The molecule has 2 aliphatic heterocycles. The predicted octanol–water partition coefficient (Wildman–Crippen LogP) is 4.35. The molecule has 6 nitrogen and oxygen atoms in total. The van der Waals surface area contributed by atoms with E-state index < -0.39 is 0 Å². The molecule has 1 aromatic heterocycles. The highest BCUT2D eigenvalue weighted by atomic mass is 19.1. The highest BCUT2D eigenvalue weighted by Gasteiger charge is 2.42. The molecule has 0 radical (unpaired) electrons. The van der Waals surface area contributed by atoms with Crippen LogP contribution in [-0.4, -0.2) is 69.8 Å². The summed E-state index contributed by atoms with van der Waals surface area (Å²) in [6, 6.07) is 13.4. The van der Waals surface area contributed by atoms with Gasteiger partial charge in [-0.2, -0.15) is 0 Å². The first-order chi connectivity index (χ1) is 17.0. The van der Waals surface area contributed by atoms with E-state index in [0.717, 1.165) is 66.2 Å². The summed E-state index contributed by atoms with van der Waals surface area (Å²) in [6.07, 6.45) is 5.92. The third kappa shape index (κ3) is 4.82. The van der Waals surface area contributed by atoms with Crippen LogP contribution in [0.4, 0.5) is 10.1 Å². The van der Waals surface area contributed by atoms with Gasteiger partial charge in [0.1, 0.15) is 32.2 Å². The Bertz CT molecular complexity index is 1240. The zero-order valence-electron chi connectivity index (χ0n) is 20.8. The molecule has 1 unspecified atom stereocenters. The minimum Gasteiger partial charge on any atom is -0.494 e. The number of halogens is 1. The molecule has 1 saturated heterocycles. The van der Waals surface area contributed by atoms with Gasteiger partial charge in [0, 0.05) is 48.8 Å². The molecule has 0 amide bonds. The second-order valence-corrected chi connectivity index (χ2v) is 9.75. The minimum absolute atomic E-state index is 0.181. The molecule has 2 aliphatic rings. The van der Waals surface area contributed by atoms with Crippen molar-refractivity contribution in [3.05, 3.63) is 48.3 Å². The average Bonchev–Trinajstić information content (AvgIpc) is 3.26. The van der Waals surface area contributed by atoms with Gasteiger partial charge in [-0.25, -0.2) is 13.9 Å². The van der Waals surface area contributed by atoms with Gasteiger partial charge >= 0.3 is 0 Å². The monoisotopic (exact) mass is 477 g/mol. The van der Waals surface area contributed by atoms with E-state index in [9.17, 15) is 4.39 Å². The van der Waals surface area contributed by atoms with Gasteiger partial charge in [0.2, 0.25) is 0 Å². The molecule has 1 atom stereocenters. The lowest BCUT2D eigenvalue weighted by Crippen LogP contribution is -2.36. The average molecular weight is 478 g/mol. The third-order valence-corrected chi connectivity index (χ3v) is 7.24. The van der Waals surface area contributed by atoms with Crippen LogP contribution in [0.3, 0.4) is 0 Å². The standard InChI is InChI=1S/C28H34FN4O2/c1-30-11-14-35-21-7-5-20(6-8-21)24-16-26(22-15-23(29)27(34-3)17-25(22)31-24)33-13-10-28(19-33)9-4-12-32(2)18-28/h5-8,15-18,30H,4,9-14,19H2,1-3H3/q+1. The summed E-state index contributed by atoms with van der Waals surface area (Å²) < 4.78 is 28.1. The number of pyridine rings is 1. The Balaban J connectivity index is 1.54. The van der Waals surface area contributed by atoms with Crippen molar-refractivity contribution >= 4 is 22.8 Å². The number of fused-ring (bicyclic) bond motifs is 1. The fraction of sp³-hybridized carbons (Fsp3) is 0.429. The Morgan fingerprint density at radius 3 is 2.74 bits per heavy atom. The summed E-state index contributed by atoms with van der Waals surface area (Å²) in [5, 5.41) is 3.90. The van der Waals surface area contributed by atoms with Crippen LogP contribution in [0.1, 0.15) is 19.3 Å². The molecule has 1 spiro atoms. The lowest BCUT2D eigenvalue weighted by Gasteiger charge is -2.27. The van der Waals surface area contributed by atoms with E-state index in [1.54, 1.807) is 12.1 Å². The van der Waals surface area contributed by atoms with Gasteiger partial charge < -0.3 is 19.7 Å². The van der Waals surface area contributed by atoms with Crippen LogP contribution in [0, 0.1) is 11.2 Å². The molecule has 3 aromatic rings. The van der Waals surface area contributed by atoms with Crippen molar-refractivity contribution in [1.29, 1.82) is 0 Å². The van der Waals surface area contributed by atoms with Gasteiger partial charge in [0.15, 0.2) is 11.6 Å². The number of nitrogens with zero attached hydrogens (tertiary/aromatic N) is 3. The van der Waals surface area contributed by atoms with Gasteiger partial charge in [-0.15, -0.1) is 0 Å². The molecule has 184 valence electrons. The fourth-order valence-corrected chi connectivity index (χ4v) is 5.46. The number of nitrogens with one attached hydrogen (secondary N) is 1. The minimum atomic E-state index is -0.364. The Hall–Kier alpha value is -3.19. The first-order valence-electron chi connectivity index (χ1n) is 12.4. The first kappa shape index (κ1) is 23.5. The number of aromatic nitrogens is 1. The number of rotatable bonds is 7. The number of anilines is 1. The maximum Gasteiger partial charge on any atom is 0.165 e. The smallest absolute Gasteiger partial charge is 0.165 e. The normalized spacial score (nSPS) is 19.9. The number of benzene rings is 2. The summed E-state index contributed by atoms with van der Waals surface area (Å²) in [6.45, 7) is 4.39.